The first-order valence-electron chi connectivity index (χ1n) is 7.88. The van der Waals surface area contributed by atoms with Crippen LogP contribution in [0.3, 0.4) is 0 Å². The van der Waals surface area contributed by atoms with Gasteiger partial charge in [-0.3, -0.25) is 9.89 Å². The fourth-order valence-corrected chi connectivity index (χ4v) is 4.31. The van der Waals surface area contributed by atoms with Gasteiger partial charge in [0.05, 0.1) is 6.54 Å². The van der Waals surface area contributed by atoms with Gasteiger partial charge in [0.1, 0.15) is 5.01 Å². The Kier molecular flexibility index (Phi) is 7.92. The monoisotopic (exact) mass is 477 g/mol. The molecule has 0 saturated heterocycles. The number of rotatable bonds is 5. The predicted octanol–water partition coefficient (Wildman–Crippen LogP) is 2.85. The number of halogens is 1. The fraction of sp³-hybridized carbons (Fsp3) is 0.500. The first kappa shape index (κ1) is 19.6. The van der Waals surface area contributed by atoms with Gasteiger partial charge in [0, 0.05) is 49.2 Å². The first-order valence-corrected chi connectivity index (χ1v) is 9.57. The molecule has 8 heteroatoms. The second kappa shape index (κ2) is 9.69. The van der Waals surface area contributed by atoms with E-state index >= 15 is 0 Å². The molecule has 0 aliphatic carbocycles. The number of thiophene rings is 1. The van der Waals surface area contributed by atoms with Crippen LogP contribution < -0.4 is 10.6 Å². The van der Waals surface area contributed by atoms with Gasteiger partial charge in [0.15, 0.2) is 5.96 Å². The van der Waals surface area contributed by atoms with Crippen LogP contribution in [0.1, 0.15) is 20.3 Å². The summed E-state index contributed by atoms with van der Waals surface area (Å²) in [7, 11) is 1.81. The van der Waals surface area contributed by atoms with Crippen LogP contribution in [0.25, 0.3) is 0 Å². The molecule has 0 fully saturated rings. The Hall–Kier alpha value is -0.710. The van der Waals surface area contributed by atoms with E-state index in [0.717, 1.165) is 43.7 Å². The van der Waals surface area contributed by atoms with Crippen LogP contribution in [0.5, 0.6) is 0 Å². The summed E-state index contributed by atoms with van der Waals surface area (Å²) in [5, 5.41) is 10.0. The van der Waals surface area contributed by atoms with Crippen LogP contribution in [-0.4, -0.2) is 42.5 Å². The summed E-state index contributed by atoms with van der Waals surface area (Å²) in [6.07, 6.45) is 3.09. The normalized spacial score (nSPS) is 14.8. The van der Waals surface area contributed by atoms with E-state index in [4.69, 9.17) is 0 Å². The van der Waals surface area contributed by atoms with Crippen LogP contribution in [-0.2, 0) is 19.5 Å². The van der Waals surface area contributed by atoms with E-state index in [1.165, 1.54) is 16.9 Å². The molecule has 132 valence electrons. The van der Waals surface area contributed by atoms with E-state index in [9.17, 15) is 0 Å². The molecule has 0 saturated carbocycles. The summed E-state index contributed by atoms with van der Waals surface area (Å²) >= 11 is 3.61. The van der Waals surface area contributed by atoms with Crippen molar-refractivity contribution in [3.05, 3.63) is 38.0 Å². The van der Waals surface area contributed by atoms with Crippen molar-refractivity contribution in [3.63, 3.8) is 0 Å². The van der Waals surface area contributed by atoms with Crippen molar-refractivity contribution in [3.8, 4) is 0 Å². The Morgan fingerprint density at radius 2 is 2.29 bits per heavy atom. The lowest BCUT2D eigenvalue weighted by atomic mass is 10.1. The van der Waals surface area contributed by atoms with Crippen LogP contribution in [0.4, 0.5) is 0 Å². The molecule has 0 aromatic carbocycles. The molecule has 0 bridgehead atoms. The second-order valence-electron chi connectivity index (χ2n) is 5.61. The molecular formula is C16H24IN5S2. The summed E-state index contributed by atoms with van der Waals surface area (Å²) in [6, 6.07) is 2.26. The molecule has 2 aromatic rings. The molecule has 1 aliphatic rings. The molecule has 2 aromatic heterocycles. The molecule has 3 rings (SSSR count). The number of nitrogens with zero attached hydrogens (tertiary/aromatic N) is 3. The van der Waals surface area contributed by atoms with Crippen molar-refractivity contribution in [2.24, 2.45) is 4.99 Å². The number of fused-ring (bicyclic) bond motifs is 1. The number of aromatic nitrogens is 1. The number of aryl methyl sites for hydroxylation is 1. The van der Waals surface area contributed by atoms with E-state index in [0.29, 0.717) is 0 Å². The highest BCUT2D eigenvalue weighted by Crippen LogP contribution is 2.23. The molecule has 0 amide bonds. The highest BCUT2D eigenvalue weighted by molar-refractivity contribution is 14.0. The minimum absolute atomic E-state index is 0. The molecule has 1 aliphatic heterocycles. The Bertz CT molecular complexity index is 667. The van der Waals surface area contributed by atoms with Crippen molar-refractivity contribution in [1.82, 2.24) is 20.5 Å². The molecule has 0 unspecified atom stereocenters. The van der Waals surface area contributed by atoms with Crippen LogP contribution >= 0.6 is 46.7 Å². The second-order valence-corrected chi connectivity index (χ2v) is 7.93. The third-order valence-electron chi connectivity index (χ3n) is 3.91. The average molecular weight is 477 g/mol. The van der Waals surface area contributed by atoms with Crippen LogP contribution in [0.15, 0.2) is 22.6 Å². The summed E-state index contributed by atoms with van der Waals surface area (Å²) in [5.41, 5.74) is 1.50. The van der Waals surface area contributed by atoms with Gasteiger partial charge in [-0.05, 0) is 30.4 Å². The zero-order valence-corrected chi connectivity index (χ0v) is 18.0. The minimum atomic E-state index is 0. The van der Waals surface area contributed by atoms with Gasteiger partial charge < -0.3 is 10.6 Å². The maximum Gasteiger partial charge on any atom is 0.191 e. The lowest BCUT2D eigenvalue weighted by molar-refractivity contribution is 0.260. The topological polar surface area (TPSA) is 52.6 Å². The quantitative estimate of drug-likeness (QED) is 0.395. The van der Waals surface area contributed by atoms with Gasteiger partial charge >= 0.3 is 0 Å². The standard InChI is InChI=1S/C16H23N5S2.HI/c1-12-9-19-15(23-12)10-20-16(17-2)18-5-7-21-6-3-14-13(11-21)4-8-22-14;/h4,8-9H,3,5-7,10-11H2,1-2H3,(H2,17,18,20);1H. The molecule has 0 spiro atoms. The molecule has 0 atom stereocenters. The van der Waals surface area contributed by atoms with Crippen LogP contribution in [0.2, 0.25) is 0 Å². The van der Waals surface area contributed by atoms with Crippen molar-refractivity contribution in [2.45, 2.75) is 26.4 Å². The largest absolute Gasteiger partial charge is 0.355 e. The van der Waals surface area contributed by atoms with Gasteiger partial charge in [-0.15, -0.1) is 46.7 Å². The summed E-state index contributed by atoms with van der Waals surface area (Å²) in [6.45, 7) is 6.96. The Morgan fingerprint density at radius 1 is 1.42 bits per heavy atom. The third kappa shape index (κ3) is 5.40. The van der Waals surface area contributed by atoms with E-state index in [2.05, 4.69) is 43.9 Å². The van der Waals surface area contributed by atoms with E-state index in [1.807, 2.05) is 17.5 Å². The van der Waals surface area contributed by atoms with E-state index in [1.54, 1.807) is 23.3 Å². The maximum atomic E-state index is 4.36. The van der Waals surface area contributed by atoms with Gasteiger partial charge in [-0.1, -0.05) is 0 Å². The predicted molar refractivity (Wildman–Crippen MR) is 114 cm³/mol. The molecule has 24 heavy (non-hydrogen) atoms. The van der Waals surface area contributed by atoms with Crippen LogP contribution in [0, 0.1) is 6.92 Å². The lowest BCUT2D eigenvalue weighted by Gasteiger charge is -2.27. The van der Waals surface area contributed by atoms with Gasteiger partial charge in [0.25, 0.3) is 0 Å². The SMILES string of the molecule is CN=C(NCCN1CCc2sccc2C1)NCc1ncc(C)s1.I. The Balaban J connectivity index is 0.00000208. The first-order chi connectivity index (χ1) is 11.2. The Morgan fingerprint density at radius 3 is 3.04 bits per heavy atom. The number of hydrogen-bond donors (Lipinski definition) is 2. The third-order valence-corrected chi connectivity index (χ3v) is 5.84. The fourth-order valence-electron chi connectivity index (χ4n) is 2.69. The zero-order chi connectivity index (χ0) is 16.1. The van der Waals surface area contributed by atoms with E-state index in [-0.39, 0.29) is 24.0 Å². The smallest absolute Gasteiger partial charge is 0.191 e. The minimum Gasteiger partial charge on any atom is -0.355 e. The van der Waals surface area contributed by atoms with E-state index < -0.39 is 0 Å². The summed E-state index contributed by atoms with van der Waals surface area (Å²) < 4.78 is 0. The van der Waals surface area contributed by atoms with Gasteiger partial charge in [-0.2, -0.15) is 0 Å². The maximum absolute atomic E-state index is 4.36. The molecule has 0 radical (unpaired) electrons. The number of aliphatic imine (C=N–C) groups is 1. The number of thiazole rings is 1. The summed E-state index contributed by atoms with van der Waals surface area (Å²) in [4.78, 5) is 13.9. The summed E-state index contributed by atoms with van der Waals surface area (Å²) in [5.74, 6) is 0.839. The number of hydrogen-bond acceptors (Lipinski definition) is 5. The lowest BCUT2D eigenvalue weighted by Crippen LogP contribution is -2.42. The van der Waals surface area contributed by atoms with Gasteiger partial charge in [0.2, 0.25) is 0 Å². The molecular weight excluding hydrogens is 453 g/mol. The molecule has 2 N–H and O–H groups in total. The Labute approximate surface area is 168 Å². The van der Waals surface area contributed by atoms with Crippen molar-refractivity contribution in [2.75, 3.05) is 26.7 Å². The average Bonchev–Trinajstić information content (AvgIpc) is 3.18. The highest BCUT2D eigenvalue weighted by atomic mass is 127. The number of guanidine groups is 1. The molecule has 3 heterocycles. The van der Waals surface area contributed by atoms with Crippen molar-refractivity contribution < 1.29 is 0 Å². The highest BCUT2D eigenvalue weighted by Gasteiger charge is 2.16. The van der Waals surface area contributed by atoms with Crippen molar-refractivity contribution >= 4 is 52.6 Å². The zero-order valence-electron chi connectivity index (χ0n) is 14.0. The number of nitrogens with one attached hydrogen (secondary N) is 2. The van der Waals surface area contributed by atoms with Gasteiger partial charge in [-0.25, -0.2) is 4.98 Å². The van der Waals surface area contributed by atoms with Crippen molar-refractivity contribution in [1.29, 1.82) is 0 Å². The molecule has 5 nitrogen and oxygen atoms in total.